The molecule has 1 aromatic rings. The Bertz CT molecular complexity index is 547. The fraction of sp³-hybridized carbons (Fsp3) is 0.625. The van der Waals surface area contributed by atoms with Crippen LogP contribution in [0, 0.1) is 17.2 Å². The van der Waals surface area contributed by atoms with Crippen molar-refractivity contribution < 1.29 is 4.74 Å². The van der Waals surface area contributed by atoms with Crippen molar-refractivity contribution >= 4 is 0 Å². The molecule has 0 radical (unpaired) electrons. The fourth-order valence-electron chi connectivity index (χ4n) is 3.94. The van der Waals surface area contributed by atoms with Crippen LogP contribution in [0.1, 0.15) is 88.2 Å². The van der Waals surface area contributed by atoms with Crippen LogP contribution in [0.5, 0.6) is 0 Å². The number of benzene rings is 1. The summed E-state index contributed by atoms with van der Waals surface area (Å²) in [6.07, 6.45) is 17.1. The van der Waals surface area contributed by atoms with Crippen LogP contribution in [0.25, 0.3) is 0 Å². The van der Waals surface area contributed by atoms with Crippen molar-refractivity contribution in [2.24, 2.45) is 5.92 Å². The SMILES string of the molecule is CC/C=C/CCCOCCCCC1CCC(c2ccc(C#N)cc2)CC1. The van der Waals surface area contributed by atoms with E-state index in [2.05, 4.69) is 37.3 Å². The first-order chi connectivity index (χ1) is 12.8. The van der Waals surface area contributed by atoms with Crippen LogP contribution in [-0.2, 0) is 4.74 Å². The van der Waals surface area contributed by atoms with Gasteiger partial charge in [0.05, 0.1) is 11.6 Å². The third-order valence-electron chi connectivity index (χ3n) is 5.57. The maximum Gasteiger partial charge on any atom is 0.0991 e. The van der Waals surface area contributed by atoms with Gasteiger partial charge in [0.1, 0.15) is 0 Å². The normalized spacial score (nSPS) is 20.3. The first-order valence-electron chi connectivity index (χ1n) is 10.6. The zero-order valence-corrected chi connectivity index (χ0v) is 16.5. The van der Waals surface area contributed by atoms with Gasteiger partial charge in [-0.2, -0.15) is 5.26 Å². The molecule has 26 heavy (non-hydrogen) atoms. The highest BCUT2D eigenvalue weighted by Crippen LogP contribution is 2.37. The van der Waals surface area contributed by atoms with Crippen LogP contribution in [0.4, 0.5) is 0 Å². The van der Waals surface area contributed by atoms with Crippen molar-refractivity contribution in [3.63, 3.8) is 0 Å². The maximum atomic E-state index is 8.91. The molecule has 1 aromatic carbocycles. The molecule has 2 heteroatoms. The Morgan fingerprint density at radius 2 is 1.73 bits per heavy atom. The van der Waals surface area contributed by atoms with Crippen LogP contribution < -0.4 is 0 Å². The standard InChI is InChI=1S/C24H35NO/c1-2-3-4-5-7-18-26-19-8-6-9-21-10-14-23(15-11-21)24-16-12-22(20-25)13-17-24/h3-4,12-13,16-17,21,23H,2,5-11,14-15,18-19H2,1H3/b4-3+. The predicted octanol–water partition coefficient (Wildman–Crippen LogP) is 6.77. The summed E-state index contributed by atoms with van der Waals surface area (Å²) in [5, 5.41) is 8.91. The van der Waals surface area contributed by atoms with Crippen LogP contribution in [-0.4, -0.2) is 13.2 Å². The monoisotopic (exact) mass is 353 g/mol. The molecule has 1 fully saturated rings. The lowest BCUT2D eigenvalue weighted by Gasteiger charge is -2.29. The lowest BCUT2D eigenvalue weighted by Crippen LogP contribution is -2.13. The Morgan fingerprint density at radius 3 is 2.42 bits per heavy atom. The number of rotatable bonds is 11. The van der Waals surface area contributed by atoms with Crippen molar-refractivity contribution in [3.8, 4) is 6.07 Å². The van der Waals surface area contributed by atoms with E-state index < -0.39 is 0 Å². The van der Waals surface area contributed by atoms with E-state index in [0.29, 0.717) is 5.92 Å². The highest BCUT2D eigenvalue weighted by Gasteiger charge is 2.21. The molecule has 1 saturated carbocycles. The molecule has 0 heterocycles. The molecule has 142 valence electrons. The summed E-state index contributed by atoms with van der Waals surface area (Å²) in [4.78, 5) is 0. The quantitative estimate of drug-likeness (QED) is 0.325. The largest absolute Gasteiger partial charge is 0.381 e. The molecule has 0 aliphatic heterocycles. The summed E-state index contributed by atoms with van der Waals surface area (Å²) in [6, 6.07) is 10.4. The van der Waals surface area contributed by atoms with Crippen LogP contribution in [0.15, 0.2) is 36.4 Å². The Labute approximate surface area is 160 Å². The van der Waals surface area contributed by atoms with E-state index in [1.165, 1.54) is 50.5 Å². The van der Waals surface area contributed by atoms with Crippen molar-refractivity contribution in [1.82, 2.24) is 0 Å². The van der Waals surface area contributed by atoms with E-state index in [4.69, 9.17) is 10.00 Å². The summed E-state index contributed by atoms with van der Waals surface area (Å²) in [5.74, 6) is 1.60. The van der Waals surface area contributed by atoms with Crippen LogP contribution >= 0.6 is 0 Å². The van der Waals surface area contributed by atoms with Gasteiger partial charge in [-0.05, 0) is 80.9 Å². The first-order valence-corrected chi connectivity index (χ1v) is 10.6. The molecule has 0 unspecified atom stereocenters. The van der Waals surface area contributed by atoms with Gasteiger partial charge in [-0.25, -0.2) is 0 Å². The van der Waals surface area contributed by atoms with Gasteiger partial charge in [-0.1, -0.05) is 44.1 Å². The van der Waals surface area contributed by atoms with Gasteiger partial charge in [0.2, 0.25) is 0 Å². The molecule has 0 aromatic heterocycles. The molecule has 0 spiro atoms. The maximum absolute atomic E-state index is 8.91. The fourth-order valence-corrected chi connectivity index (χ4v) is 3.94. The zero-order valence-electron chi connectivity index (χ0n) is 16.5. The average molecular weight is 354 g/mol. The molecule has 0 atom stereocenters. The minimum Gasteiger partial charge on any atom is -0.381 e. The lowest BCUT2D eigenvalue weighted by molar-refractivity contribution is 0.126. The smallest absolute Gasteiger partial charge is 0.0991 e. The average Bonchev–Trinajstić information content (AvgIpc) is 2.70. The zero-order chi connectivity index (χ0) is 18.5. The van der Waals surface area contributed by atoms with Crippen LogP contribution in [0.2, 0.25) is 0 Å². The van der Waals surface area contributed by atoms with E-state index in [-0.39, 0.29) is 0 Å². The summed E-state index contributed by atoms with van der Waals surface area (Å²) in [5.41, 5.74) is 2.19. The summed E-state index contributed by atoms with van der Waals surface area (Å²) < 4.78 is 5.74. The lowest BCUT2D eigenvalue weighted by atomic mass is 9.77. The second-order valence-corrected chi connectivity index (χ2v) is 7.58. The molecule has 2 nitrogen and oxygen atoms in total. The molecule has 1 aliphatic rings. The second kappa shape index (κ2) is 12.7. The van der Waals surface area contributed by atoms with E-state index in [1.807, 2.05) is 12.1 Å². The molecule has 0 saturated heterocycles. The Kier molecular flexibility index (Phi) is 10.1. The molecular weight excluding hydrogens is 318 g/mol. The summed E-state index contributed by atoms with van der Waals surface area (Å²) in [6.45, 7) is 4.01. The van der Waals surface area contributed by atoms with Gasteiger partial charge < -0.3 is 4.74 Å². The number of unbranched alkanes of at least 4 members (excludes halogenated alkanes) is 2. The highest BCUT2D eigenvalue weighted by atomic mass is 16.5. The van der Waals surface area contributed by atoms with Gasteiger partial charge in [0.25, 0.3) is 0 Å². The number of nitrogens with zero attached hydrogens (tertiary/aromatic N) is 1. The van der Waals surface area contributed by atoms with Gasteiger partial charge in [-0.15, -0.1) is 0 Å². The van der Waals surface area contributed by atoms with Crippen LogP contribution in [0.3, 0.4) is 0 Å². The number of hydrogen-bond acceptors (Lipinski definition) is 2. The van der Waals surface area contributed by atoms with E-state index in [0.717, 1.165) is 44.0 Å². The third-order valence-corrected chi connectivity index (χ3v) is 5.57. The summed E-state index contributed by atoms with van der Waals surface area (Å²) >= 11 is 0. The minimum absolute atomic E-state index is 0.698. The van der Waals surface area contributed by atoms with Gasteiger partial charge in [0, 0.05) is 13.2 Å². The molecule has 2 rings (SSSR count). The van der Waals surface area contributed by atoms with Gasteiger partial charge in [0.15, 0.2) is 0 Å². The van der Waals surface area contributed by atoms with Gasteiger partial charge in [-0.3, -0.25) is 0 Å². The number of allylic oxidation sites excluding steroid dienone is 2. The minimum atomic E-state index is 0.698. The number of hydrogen-bond donors (Lipinski definition) is 0. The van der Waals surface area contributed by atoms with Gasteiger partial charge >= 0.3 is 0 Å². The van der Waals surface area contributed by atoms with Crippen molar-refractivity contribution in [1.29, 1.82) is 5.26 Å². The van der Waals surface area contributed by atoms with E-state index in [1.54, 1.807) is 0 Å². The topological polar surface area (TPSA) is 33.0 Å². The van der Waals surface area contributed by atoms with Crippen molar-refractivity contribution in [2.45, 2.75) is 77.0 Å². The molecule has 0 bridgehead atoms. The Balaban J connectivity index is 1.50. The van der Waals surface area contributed by atoms with E-state index >= 15 is 0 Å². The Hall–Kier alpha value is -1.59. The second-order valence-electron chi connectivity index (χ2n) is 7.58. The van der Waals surface area contributed by atoms with Crippen molar-refractivity contribution in [3.05, 3.63) is 47.5 Å². The van der Waals surface area contributed by atoms with E-state index in [9.17, 15) is 0 Å². The molecular formula is C24H35NO. The predicted molar refractivity (Wildman–Crippen MR) is 109 cm³/mol. The molecule has 1 aliphatic carbocycles. The molecule has 0 N–H and O–H groups in total. The van der Waals surface area contributed by atoms with Crippen molar-refractivity contribution in [2.75, 3.05) is 13.2 Å². The third kappa shape index (κ3) is 7.75. The number of ether oxygens (including phenoxy) is 1. The summed E-state index contributed by atoms with van der Waals surface area (Å²) in [7, 11) is 0. The molecule has 0 amide bonds. The first kappa shape index (κ1) is 20.7. The highest BCUT2D eigenvalue weighted by molar-refractivity contribution is 5.33. The number of nitriles is 1. The Morgan fingerprint density at radius 1 is 1.00 bits per heavy atom.